The molecule has 0 amide bonds. The summed E-state index contributed by atoms with van der Waals surface area (Å²) >= 11 is 1.42. The molecule has 1 heterocycles. The van der Waals surface area contributed by atoms with Crippen LogP contribution < -0.4 is 4.74 Å². The second-order valence-electron chi connectivity index (χ2n) is 4.17. The molecule has 1 aromatic carbocycles. The van der Waals surface area contributed by atoms with Crippen molar-refractivity contribution in [1.29, 1.82) is 5.26 Å². The third-order valence-electron chi connectivity index (χ3n) is 2.74. The van der Waals surface area contributed by atoms with Gasteiger partial charge in [-0.05, 0) is 32.0 Å². The lowest BCUT2D eigenvalue weighted by atomic mass is 10.1. The van der Waals surface area contributed by atoms with E-state index in [-0.39, 0.29) is 5.75 Å². The van der Waals surface area contributed by atoms with E-state index in [0.29, 0.717) is 16.1 Å². The maximum atomic E-state index is 13.1. The van der Waals surface area contributed by atoms with Gasteiger partial charge in [0.2, 0.25) is 0 Å². The van der Waals surface area contributed by atoms with E-state index in [4.69, 9.17) is 10.00 Å². The van der Waals surface area contributed by atoms with E-state index in [1.807, 2.05) is 19.9 Å². The van der Waals surface area contributed by atoms with Gasteiger partial charge in [-0.15, -0.1) is 11.3 Å². The van der Waals surface area contributed by atoms with E-state index in [9.17, 15) is 8.78 Å². The van der Waals surface area contributed by atoms with Gasteiger partial charge in [0.15, 0.2) is 6.67 Å². The molecule has 0 radical (unpaired) electrons. The monoisotopic (exact) mass is 294 g/mol. The molecule has 104 valence electrons. The fourth-order valence-corrected chi connectivity index (χ4v) is 2.56. The summed E-state index contributed by atoms with van der Waals surface area (Å²) in [5.74, 6) is 0.183. The Morgan fingerprint density at radius 2 is 2.20 bits per heavy atom. The molecule has 0 N–H and O–H groups in total. The van der Waals surface area contributed by atoms with Crippen molar-refractivity contribution >= 4 is 11.3 Å². The van der Waals surface area contributed by atoms with Gasteiger partial charge in [-0.2, -0.15) is 9.65 Å². The number of halogens is 2. The summed E-state index contributed by atoms with van der Waals surface area (Å²) in [5, 5.41) is 9.57. The Morgan fingerprint density at radius 1 is 1.45 bits per heavy atom. The van der Waals surface area contributed by atoms with E-state index in [2.05, 4.69) is 4.98 Å². The zero-order valence-electron chi connectivity index (χ0n) is 11.0. The van der Waals surface area contributed by atoms with Crippen LogP contribution in [0.5, 0.6) is 5.75 Å². The zero-order valence-corrected chi connectivity index (χ0v) is 11.8. The van der Waals surface area contributed by atoms with E-state index >= 15 is 0 Å². The molecular weight excluding hydrogens is 282 g/mol. The quantitative estimate of drug-likeness (QED) is 0.858. The van der Waals surface area contributed by atoms with Crippen LogP contribution in [0.15, 0.2) is 18.2 Å². The average molecular weight is 294 g/mol. The van der Waals surface area contributed by atoms with E-state index < -0.39 is 13.0 Å². The number of rotatable bonds is 4. The molecule has 0 bridgehead atoms. The van der Waals surface area contributed by atoms with Crippen molar-refractivity contribution in [2.75, 3.05) is 6.67 Å². The Balaban J connectivity index is 2.50. The highest BCUT2D eigenvalue weighted by atomic mass is 32.1. The number of nitrogens with zero attached hydrogens (tertiary/aromatic N) is 2. The van der Waals surface area contributed by atoms with Crippen molar-refractivity contribution in [3.63, 3.8) is 0 Å². The number of hydrogen-bond donors (Lipinski definition) is 0. The van der Waals surface area contributed by atoms with Crippen molar-refractivity contribution in [1.82, 2.24) is 4.98 Å². The van der Waals surface area contributed by atoms with Gasteiger partial charge in [-0.1, -0.05) is 0 Å². The SMILES string of the molecule is Cc1nc(-c2cc(C#N)ccc2OC(F)CF)sc1C. The molecule has 0 saturated heterocycles. The molecule has 0 aliphatic heterocycles. The van der Waals surface area contributed by atoms with E-state index in [1.165, 1.54) is 23.5 Å². The summed E-state index contributed by atoms with van der Waals surface area (Å²) in [4.78, 5) is 5.39. The number of thiazole rings is 1. The Kier molecular flexibility index (Phi) is 4.30. The topological polar surface area (TPSA) is 45.9 Å². The Morgan fingerprint density at radius 3 is 2.75 bits per heavy atom. The Labute approximate surface area is 119 Å². The standard InChI is InChI=1S/C14H12F2N2OS/c1-8-9(2)20-14(18-8)11-5-10(7-17)3-4-12(11)19-13(16)6-15/h3-5,13H,6H2,1-2H3. The van der Waals surface area contributed by atoms with Crippen molar-refractivity contribution in [3.05, 3.63) is 34.3 Å². The van der Waals surface area contributed by atoms with Crippen LogP contribution in [0.4, 0.5) is 8.78 Å². The smallest absolute Gasteiger partial charge is 0.266 e. The minimum absolute atomic E-state index is 0.183. The predicted octanol–water partition coefficient (Wildman–Crippen LogP) is 3.94. The van der Waals surface area contributed by atoms with Crippen molar-refractivity contribution < 1.29 is 13.5 Å². The lowest BCUT2D eigenvalue weighted by molar-refractivity contribution is 0.0439. The van der Waals surface area contributed by atoms with Crippen LogP contribution in [-0.2, 0) is 0 Å². The van der Waals surface area contributed by atoms with Gasteiger partial charge in [-0.25, -0.2) is 9.37 Å². The number of aromatic nitrogens is 1. The molecule has 1 aromatic heterocycles. The molecule has 1 unspecified atom stereocenters. The number of hydrogen-bond acceptors (Lipinski definition) is 4. The van der Waals surface area contributed by atoms with Gasteiger partial charge in [0.25, 0.3) is 6.36 Å². The molecule has 0 saturated carbocycles. The number of aryl methyl sites for hydroxylation is 2. The number of alkyl halides is 2. The van der Waals surface area contributed by atoms with Crippen molar-refractivity contribution in [3.8, 4) is 22.4 Å². The normalized spacial score (nSPS) is 11.9. The summed E-state index contributed by atoms with van der Waals surface area (Å²) in [6.07, 6.45) is -2.02. The van der Waals surface area contributed by atoms with Gasteiger partial charge in [0.05, 0.1) is 22.9 Å². The van der Waals surface area contributed by atoms with E-state index in [1.54, 1.807) is 6.07 Å². The lowest BCUT2D eigenvalue weighted by Gasteiger charge is -2.11. The van der Waals surface area contributed by atoms with Crippen LogP contribution in [0.1, 0.15) is 16.1 Å². The molecule has 0 spiro atoms. The first-order valence-corrected chi connectivity index (χ1v) is 6.72. The number of benzene rings is 1. The molecular formula is C14H12F2N2OS. The van der Waals surface area contributed by atoms with Crippen LogP contribution in [0.25, 0.3) is 10.6 Å². The van der Waals surface area contributed by atoms with Gasteiger partial charge >= 0.3 is 0 Å². The van der Waals surface area contributed by atoms with E-state index in [0.717, 1.165) is 10.6 Å². The average Bonchev–Trinajstić information content (AvgIpc) is 2.78. The maximum absolute atomic E-state index is 13.1. The highest BCUT2D eigenvalue weighted by molar-refractivity contribution is 7.15. The first-order valence-electron chi connectivity index (χ1n) is 5.90. The van der Waals surface area contributed by atoms with Crippen molar-refractivity contribution in [2.24, 2.45) is 0 Å². The molecule has 3 nitrogen and oxygen atoms in total. The molecule has 6 heteroatoms. The fourth-order valence-electron chi connectivity index (χ4n) is 1.63. The molecule has 0 fully saturated rings. The van der Waals surface area contributed by atoms with Gasteiger partial charge in [0.1, 0.15) is 10.8 Å². The third kappa shape index (κ3) is 2.94. The molecule has 2 aromatic rings. The minimum Gasteiger partial charge on any atom is -0.457 e. The molecule has 0 aliphatic rings. The Hall–Kier alpha value is -2.00. The van der Waals surface area contributed by atoms with Crippen LogP contribution in [-0.4, -0.2) is 18.0 Å². The lowest BCUT2D eigenvalue weighted by Crippen LogP contribution is -2.12. The highest BCUT2D eigenvalue weighted by Crippen LogP contribution is 2.35. The fraction of sp³-hybridized carbons (Fsp3) is 0.286. The summed E-state index contributed by atoms with van der Waals surface area (Å²) in [6.45, 7) is 2.56. The van der Waals surface area contributed by atoms with Gasteiger partial charge in [0, 0.05) is 4.88 Å². The van der Waals surface area contributed by atoms with Gasteiger partial charge < -0.3 is 4.74 Å². The first kappa shape index (κ1) is 14.4. The summed E-state index contributed by atoms with van der Waals surface area (Å²) in [6, 6.07) is 6.53. The molecule has 1 atom stereocenters. The number of nitriles is 1. The maximum Gasteiger partial charge on any atom is 0.266 e. The largest absolute Gasteiger partial charge is 0.457 e. The zero-order chi connectivity index (χ0) is 14.7. The summed E-state index contributed by atoms with van der Waals surface area (Å²) in [7, 11) is 0. The number of ether oxygens (including phenoxy) is 1. The molecule has 2 rings (SSSR count). The van der Waals surface area contributed by atoms with Crippen LogP contribution >= 0.6 is 11.3 Å². The minimum atomic E-state index is -2.02. The first-order chi connectivity index (χ1) is 9.55. The highest BCUT2D eigenvalue weighted by Gasteiger charge is 2.16. The second kappa shape index (κ2) is 5.97. The second-order valence-corrected chi connectivity index (χ2v) is 5.37. The Bertz CT molecular complexity index is 644. The van der Waals surface area contributed by atoms with Crippen LogP contribution in [0, 0.1) is 25.2 Å². The summed E-state index contributed by atoms with van der Waals surface area (Å²) < 4.78 is 30.3. The molecule has 0 aliphatic carbocycles. The molecule has 20 heavy (non-hydrogen) atoms. The van der Waals surface area contributed by atoms with Crippen molar-refractivity contribution in [2.45, 2.75) is 20.2 Å². The van der Waals surface area contributed by atoms with Gasteiger partial charge in [-0.3, -0.25) is 0 Å². The predicted molar refractivity (Wildman–Crippen MR) is 73.2 cm³/mol. The third-order valence-corrected chi connectivity index (χ3v) is 3.85. The van der Waals surface area contributed by atoms with Crippen LogP contribution in [0.2, 0.25) is 0 Å². The summed E-state index contributed by atoms with van der Waals surface area (Å²) in [5.41, 5.74) is 1.77. The van der Waals surface area contributed by atoms with Crippen LogP contribution in [0.3, 0.4) is 0 Å².